The zero-order chi connectivity index (χ0) is 14.2. The van der Waals surface area contributed by atoms with Crippen molar-refractivity contribution < 1.29 is 25.2 Å². The third kappa shape index (κ3) is 2.01. The zero-order valence-electron chi connectivity index (χ0n) is 9.76. The van der Waals surface area contributed by atoms with Crippen molar-refractivity contribution in [2.45, 2.75) is 24.0 Å². The van der Waals surface area contributed by atoms with Crippen molar-refractivity contribution in [2.75, 3.05) is 13.2 Å². The second-order valence-corrected chi connectivity index (χ2v) is 4.26. The van der Waals surface area contributed by atoms with Crippen LogP contribution in [0.5, 0.6) is 0 Å². The standard InChI is InChI=1S/C10H14N2O7/c13-3-5-7(16)8(17)10(4-14,19-5)12-2-1-6(15)11-9(12)18/h1-2,5,7-8,13-14,16-17H,3-4H2,(H,11,15,18)/t5-,7-,8-,10-/m1/s1. The minimum Gasteiger partial charge on any atom is -0.394 e. The summed E-state index contributed by atoms with van der Waals surface area (Å²) < 4.78 is 6.00. The van der Waals surface area contributed by atoms with Crippen LogP contribution < -0.4 is 11.2 Å². The van der Waals surface area contributed by atoms with Gasteiger partial charge in [-0.25, -0.2) is 4.79 Å². The van der Waals surface area contributed by atoms with Gasteiger partial charge in [-0.1, -0.05) is 0 Å². The summed E-state index contributed by atoms with van der Waals surface area (Å²) in [4.78, 5) is 24.6. The van der Waals surface area contributed by atoms with Gasteiger partial charge in [-0.3, -0.25) is 14.3 Å². The zero-order valence-corrected chi connectivity index (χ0v) is 9.76. The van der Waals surface area contributed by atoms with Crippen LogP contribution in [0.3, 0.4) is 0 Å². The Hall–Kier alpha value is -1.52. The van der Waals surface area contributed by atoms with Crippen molar-refractivity contribution in [3.63, 3.8) is 0 Å². The number of ether oxygens (including phenoxy) is 1. The van der Waals surface area contributed by atoms with Crippen LogP contribution in [0.15, 0.2) is 21.9 Å². The molecule has 9 heteroatoms. The Labute approximate surface area is 106 Å². The molecule has 1 fully saturated rings. The fourth-order valence-electron chi connectivity index (χ4n) is 2.14. The maximum absolute atomic E-state index is 11.7. The van der Waals surface area contributed by atoms with Gasteiger partial charge in [0.1, 0.15) is 18.3 Å². The number of aliphatic hydroxyl groups is 4. The predicted molar refractivity (Wildman–Crippen MR) is 60.4 cm³/mol. The van der Waals surface area contributed by atoms with E-state index in [2.05, 4.69) is 0 Å². The number of nitrogens with zero attached hydrogens (tertiary/aromatic N) is 1. The van der Waals surface area contributed by atoms with E-state index in [4.69, 9.17) is 9.84 Å². The molecular formula is C10H14N2O7. The molecule has 5 N–H and O–H groups in total. The van der Waals surface area contributed by atoms with E-state index < -0.39 is 48.5 Å². The van der Waals surface area contributed by atoms with Crippen LogP contribution in [0.2, 0.25) is 0 Å². The maximum atomic E-state index is 11.7. The summed E-state index contributed by atoms with van der Waals surface area (Å²) in [6, 6.07) is 1.01. The molecule has 0 bridgehead atoms. The first kappa shape index (κ1) is 13.9. The number of aromatic amines is 1. The first-order valence-corrected chi connectivity index (χ1v) is 5.54. The van der Waals surface area contributed by atoms with E-state index in [0.29, 0.717) is 0 Å². The fraction of sp³-hybridized carbons (Fsp3) is 0.600. The molecule has 0 amide bonds. The van der Waals surface area contributed by atoms with Crippen molar-refractivity contribution in [1.82, 2.24) is 9.55 Å². The molecule has 1 aliphatic rings. The first-order valence-electron chi connectivity index (χ1n) is 5.54. The van der Waals surface area contributed by atoms with Crippen molar-refractivity contribution in [1.29, 1.82) is 0 Å². The van der Waals surface area contributed by atoms with Gasteiger partial charge < -0.3 is 25.2 Å². The summed E-state index contributed by atoms with van der Waals surface area (Å²) in [5.41, 5.74) is -3.51. The lowest BCUT2D eigenvalue weighted by atomic mass is 10.0. The molecule has 1 aromatic heterocycles. The largest absolute Gasteiger partial charge is 0.394 e. The van der Waals surface area contributed by atoms with Crippen LogP contribution in [0, 0.1) is 0 Å². The summed E-state index contributed by atoms with van der Waals surface area (Å²) >= 11 is 0. The number of hydrogen-bond acceptors (Lipinski definition) is 7. The SMILES string of the molecule is O=c1ccn([C@]2(CO)O[C@H](CO)[C@@H](O)[C@H]2O)c(=O)[nH]1. The molecule has 0 aromatic carbocycles. The lowest BCUT2D eigenvalue weighted by Crippen LogP contribution is -2.53. The monoisotopic (exact) mass is 274 g/mol. The molecule has 0 saturated carbocycles. The van der Waals surface area contributed by atoms with Crippen LogP contribution in [-0.2, 0) is 10.5 Å². The lowest BCUT2D eigenvalue weighted by Gasteiger charge is -2.31. The summed E-state index contributed by atoms with van der Waals surface area (Å²) in [6.07, 6.45) is -3.23. The number of rotatable bonds is 3. The fourth-order valence-corrected chi connectivity index (χ4v) is 2.14. The van der Waals surface area contributed by atoms with Gasteiger partial charge in [0.15, 0.2) is 0 Å². The van der Waals surface area contributed by atoms with Gasteiger partial charge in [0.05, 0.1) is 13.2 Å². The van der Waals surface area contributed by atoms with E-state index in [-0.39, 0.29) is 0 Å². The molecule has 1 aliphatic heterocycles. The second-order valence-electron chi connectivity index (χ2n) is 4.26. The van der Waals surface area contributed by atoms with Crippen molar-refractivity contribution >= 4 is 0 Å². The van der Waals surface area contributed by atoms with Crippen LogP contribution in [0.4, 0.5) is 0 Å². The Kier molecular flexibility index (Phi) is 3.56. The van der Waals surface area contributed by atoms with E-state index in [1.807, 2.05) is 4.98 Å². The van der Waals surface area contributed by atoms with Crippen LogP contribution in [-0.4, -0.2) is 61.5 Å². The molecular weight excluding hydrogens is 260 g/mol. The minimum atomic E-state index is -1.95. The highest BCUT2D eigenvalue weighted by atomic mass is 16.6. The van der Waals surface area contributed by atoms with Crippen LogP contribution >= 0.6 is 0 Å². The molecule has 2 rings (SSSR count). The molecule has 9 nitrogen and oxygen atoms in total. The molecule has 0 spiro atoms. The highest BCUT2D eigenvalue weighted by Crippen LogP contribution is 2.34. The minimum absolute atomic E-state index is 0.599. The lowest BCUT2D eigenvalue weighted by molar-refractivity contribution is -0.174. The van der Waals surface area contributed by atoms with E-state index in [9.17, 15) is 24.9 Å². The number of aliphatic hydroxyl groups excluding tert-OH is 4. The number of aromatic nitrogens is 2. The van der Waals surface area contributed by atoms with Gasteiger partial charge >= 0.3 is 5.69 Å². The molecule has 2 heterocycles. The first-order chi connectivity index (χ1) is 8.96. The van der Waals surface area contributed by atoms with Gasteiger partial charge in [-0.2, -0.15) is 0 Å². The van der Waals surface area contributed by atoms with E-state index in [1.165, 1.54) is 0 Å². The van der Waals surface area contributed by atoms with Crippen molar-refractivity contribution in [2.24, 2.45) is 0 Å². The van der Waals surface area contributed by atoms with Gasteiger partial charge in [-0.15, -0.1) is 0 Å². The van der Waals surface area contributed by atoms with E-state index >= 15 is 0 Å². The molecule has 0 unspecified atom stereocenters. The second kappa shape index (κ2) is 4.87. The Bertz CT molecular complexity index is 567. The Morgan fingerprint density at radius 1 is 1.37 bits per heavy atom. The van der Waals surface area contributed by atoms with Crippen LogP contribution in [0.25, 0.3) is 0 Å². The quantitative estimate of drug-likeness (QED) is 0.381. The van der Waals surface area contributed by atoms with Crippen molar-refractivity contribution in [3.8, 4) is 0 Å². The van der Waals surface area contributed by atoms with E-state index in [1.54, 1.807) is 0 Å². The number of H-pyrrole nitrogens is 1. The summed E-state index contributed by atoms with van der Waals surface area (Å²) in [6.45, 7) is -1.42. The molecule has 4 atom stereocenters. The molecule has 1 saturated heterocycles. The molecule has 0 aliphatic carbocycles. The number of hydrogen-bond donors (Lipinski definition) is 5. The van der Waals surface area contributed by atoms with E-state index in [0.717, 1.165) is 16.8 Å². The highest BCUT2D eigenvalue weighted by Gasteiger charge is 2.55. The third-order valence-corrected chi connectivity index (χ3v) is 3.16. The Balaban J connectivity index is 2.55. The van der Waals surface area contributed by atoms with Gasteiger partial charge in [0, 0.05) is 12.3 Å². The molecule has 106 valence electrons. The topological polar surface area (TPSA) is 145 Å². The molecule has 1 aromatic rings. The number of nitrogens with one attached hydrogen (secondary N) is 1. The van der Waals surface area contributed by atoms with Crippen molar-refractivity contribution in [3.05, 3.63) is 33.1 Å². The van der Waals surface area contributed by atoms with Gasteiger partial charge in [0.25, 0.3) is 5.56 Å². The Morgan fingerprint density at radius 3 is 2.53 bits per heavy atom. The average Bonchev–Trinajstić information content (AvgIpc) is 2.64. The summed E-state index contributed by atoms with van der Waals surface area (Å²) in [5.74, 6) is 0. The molecule has 0 radical (unpaired) electrons. The summed E-state index contributed by atoms with van der Waals surface area (Å²) in [7, 11) is 0. The highest BCUT2D eigenvalue weighted by molar-refractivity contribution is 5.01. The van der Waals surface area contributed by atoms with Gasteiger partial charge in [-0.05, 0) is 0 Å². The van der Waals surface area contributed by atoms with Crippen LogP contribution in [0.1, 0.15) is 0 Å². The summed E-state index contributed by atoms with van der Waals surface area (Å²) in [5, 5.41) is 38.1. The normalized spacial score (nSPS) is 34.6. The smallest absolute Gasteiger partial charge is 0.330 e. The average molecular weight is 274 g/mol. The maximum Gasteiger partial charge on any atom is 0.330 e. The van der Waals surface area contributed by atoms with Gasteiger partial charge in [0.2, 0.25) is 5.72 Å². The molecule has 19 heavy (non-hydrogen) atoms. The third-order valence-electron chi connectivity index (χ3n) is 3.16. The Morgan fingerprint density at radius 2 is 2.05 bits per heavy atom. The predicted octanol–water partition coefficient (Wildman–Crippen LogP) is -3.71.